The Hall–Kier alpha value is -2.29. The van der Waals surface area contributed by atoms with Crippen LogP contribution in [0.2, 0.25) is 0 Å². The van der Waals surface area contributed by atoms with Crippen molar-refractivity contribution in [3.63, 3.8) is 0 Å². The van der Waals surface area contributed by atoms with Gasteiger partial charge in [-0.2, -0.15) is 0 Å². The highest BCUT2D eigenvalue weighted by molar-refractivity contribution is 5.93. The molecule has 0 atom stereocenters. The lowest BCUT2D eigenvalue weighted by atomic mass is 10.1. The number of aromatic nitrogens is 1. The number of unbranched alkanes of at least 4 members (excludes halogenated alkanes) is 1. The highest BCUT2D eigenvalue weighted by atomic mass is 16.1. The van der Waals surface area contributed by atoms with E-state index in [1.807, 2.05) is 38.1 Å². The molecule has 2 rings (SSSR count). The third kappa shape index (κ3) is 4.60. The smallest absolute Gasteiger partial charge is 0.221 e. The highest BCUT2D eigenvalue weighted by Gasteiger charge is 2.13. The van der Waals surface area contributed by atoms with Gasteiger partial charge in [-0.05, 0) is 18.6 Å². The number of rotatable bonds is 8. The van der Waals surface area contributed by atoms with Crippen LogP contribution in [0.25, 0.3) is 23.1 Å². The Morgan fingerprint density at radius 2 is 1.92 bits per heavy atom. The molecule has 0 spiro atoms. The van der Waals surface area contributed by atoms with Gasteiger partial charge in [0.15, 0.2) is 0 Å². The monoisotopic (exact) mass is 326 g/mol. The molecule has 3 heteroatoms. The molecule has 0 saturated carbocycles. The molecule has 0 aliphatic heterocycles. The number of carbonyl (C=O) groups excluding carboxylic acids is 1. The van der Waals surface area contributed by atoms with E-state index in [0.717, 1.165) is 41.5 Å². The van der Waals surface area contributed by atoms with Gasteiger partial charge in [0.05, 0.1) is 0 Å². The lowest BCUT2D eigenvalue weighted by molar-refractivity contribution is -0.121. The van der Waals surface area contributed by atoms with Crippen molar-refractivity contribution < 1.29 is 4.79 Å². The van der Waals surface area contributed by atoms with Crippen LogP contribution < -0.4 is 5.32 Å². The molecule has 0 bridgehead atoms. The minimum atomic E-state index is 0.0985. The molecule has 24 heavy (non-hydrogen) atoms. The first-order valence-electron chi connectivity index (χ1n) is 8.85. The van der Waals surface area contributed by atoms with Crippen LogP contribution in [-0.4, -0.2) is 17.0 Å². The number of benzene rings is 1. The first kappa shape index (κ1) is 19.8. The van der Waals surface area contributed by atoms with E-state index < -0.39 is 0 Å². The second-order valence-electron chi connectivity index (χ2n) is 5.33. The van der Waals surface area contributed by atoms with Crippen LogP contribution in [0.1, 0.15) is 51.3 Å². The second-order valence-corrected chi connectivity index (χ2v) is 5.33. The molecule has 0 aliphatic carbocycles. The molecule has 1 N–H and O–H groups in total. The molecule has 1 aromatic carbocycles. The Bertz CT molecular complexity index is 682. The van der Waals surface area contributed by atoms with Crippen molar-refractivity contribution in [1.29, 1.82) is 0 Å². The SMILES string of the molecule is C=Cc1c(C=C)n(CCC(=O)NCCCC)c2ccccc12.CC. The summed E-state index contributed by atoms with van der Waals surface area (Å²) >= 11 is 0. The summed E-state index contributed by atoms with van der Waals surface area (Å²) in [6.45, 7) is 15.3. The number of hydrogen-bond acceptors (Lipinski definition) is 1. The average molecular weight is 326 g/mol. The van der Waals surface area contributed by atoms with Gasteiger partial charge in [0.1, 0.15) is 0 Å². The van der Waals surface area contributed by atoms with Crippen molar-refractivity contribution >= 4 is 29.0 Å². The van der Waals surface area contributed by atoms with Crippen LogP contribution in [0.4, 0.5) is 0 Å². The van der Waals surface area contributed by atoms with Gasteiger partial charge >= 0.3 is 0 Å². The van der Waals surface area contributed by atoms with Gasteiger partial charge in [0.25, 0.3) is 0 Å². The predicted molar refractivity (Wildman–Crippen MR) is 106 cm³/mol. The number of fused-ring (bicyclic) bond motifs is 1. The second kappa shape index (κ2) is 10.5. The largest absolute Gasteiger partial charge is 0.356 e. The van der Waals surface area contributed by atoms with E-state index in [4.69, 9.17) is 0 Å². The number of carbonyl (C=O) groups is 1. The van der Waals surface area contributed by atoms with E-state index in [2.05, 4.69) is 42.1 Å². The summed E-state index contributed by atoms with van der Waals surface area (Å²) in [6.07, 6.45) is 6.28. The Kier molecular flexibility index (Phi) is 8.63. The van der Waals surface area contributed by atoms with Gasteiger partial charge < -0.3 is 9.88 Å². The number of nitrogens with one attached hydrogen (secondary N) is 1. The average Bonchev–Trinajstić information content (AvgIpc) is 2.94. The Labute approximate surface area is 146 Å². The Morgan fingerprint density at radius 1 is 1.21 bits per heavy atom. The predicted octanol–water partition coefficient (Wildman–Crippen LogP) is 5.26. The van der Waals surface area contributed by atoms with Crippen LogP contribution in [0.5, 0.6) is 0 Å². The molecular weight excluding hydrogens is 296 g/mol. The lowest BCUT2D eigenvalue weighted by Gasteiger charge is -2.09. The molecule has 1 aromatic heterocycles. The van der Waals surface area contributed by atoms with Crippen molar-refractivity contribution in [2.45, 2.75) is 46.6 Å². The summed E-state index contributed by atoms with van der Waals surface area (Å²) in [4.78, 5) is 11.9. The molecule has 3 nitrogen and oxygen atoms in total. The van der Waals surface area contributed by atoms with Crippen LogP contribution in [-0.2, 0) is 11.3 Å². The molecule has 1 heterocycles. The summed E-state index contributed by atoms with van der Waals surface area (Å²) in [5.41, 5.74) is 3.23. The van der Waals surface area contributed by atoms with E-state index in [0.29, 0.717) is 13.0 Å². The molecule has 130 valence electrons. The van der Waals surface area contributed by atoms with E-state index in [-0.39, 0.29) is 5.91 Å². The highest BCUT2D eigenvalue weighted by Crippen LogP contribution is 2.28. The standard InChI is InChI=1S/C19H24N2O.C2H6/c1-4-7-13-20-19(22)12-14-21-17(6-3)15(5-2)16-10-8-9-11-18(16)21;1-2/h5-6,8-11H,2-4,7,12-14H2,1H3,(H,20,22);1-2H3. The number of para-hydroxylation sites is 1. The first-order chi connectivity index (χ1) is 11.7. The van der Waals surface area contributed by atoms with Gasteiger partial charge in [-0.25, -0.2) is 0 Å². The minimum absolute atomic E-state index is 0.0985. The van der Waals surface area contributed by atoms with Crippen LogP contribution in [0.15, 0.2) is 37.4 Å². The third-order valence-electron chi connectivity index (χ3n) is 3.86. The zero-order chi connectivity index (χ0) is 17.9. The zero-order valence-electron chi connectivity index (χ0n) is 15.3. The molecule has 0 radical (unpaired) electrons. The van der Waals surface area contributed by atoms with E-state index in [1.54, 1.807) is 0 Å². The number of nitrogens with zero attached hydrogens (tertiary/aromatic N) is 1. The quantitative estimate of drug-likeness (QED) is 0.660. The maximum atomic E-state index is 11.9. The van der Waals surface area contributed by atoms with Crippen molar-refractivity contribution in [2.75, 3.05) is 6.54 Å². The number of hydrogen-bond donors (Lipinski definition) is 1. The molecule has 0 aliphatic rings. The number of amides is 1. The van der Waals surface area contributed by atoms with Gasteiger partial charge in [-0.3, -0.25) is 4.79 Å². The fraction of sp³-hybridized carbons (Fsp3) is 0.381. The van der Waals surface area contributed by atoms with Gasteiger partial charge in [-0.1, -0.05) is 64.6 Å². The van der Waals surface area contributed by atoms with Gasteiger partial charge in [-0.15, -0.1) is 0 Å². The van der Waals surface area contributed by atoms with Crippen LogP contribution >= 0.6 is 0 Å². The summed E-state index contributed by atoms with van der Waals surface area (Å²) in [5.74, 6) is 0.0985. The van der Waals surface area contributed by atoms with E-state index in [9.17, 15) is 4.79 Å². The first-order valence-corrected chi connectivity index (χ1v) is 8.85. The lowest BCUT2D eigenvalue weighted by Crippen LogP contribution is -2.25. The fourth-order valence-corrected chi connectivity index (χ4v) is 2.73. The van der Waals surface area contributed by atoms with E-state index in [1.165, 1.54) is 0 Å². The maximum absolute atomic E-state index is 11.9. The Balaban J connectivity index is 0.00000139. The van der Waals surface area contributed by atoms with Crippen molar-refractivity contribution in [2.24, 2.45) is 0 Å². The fourth-order valence-electron chi connectivity index (χ4n) is 2.73. The topological polar surface area (TPSA) is 34.0 Å². The summed E-state index contributed by atoms with van der Waals surface area (Å²) in [5, 5.41) is 4.11. The molecule has 0 fully saturated rings. The normalized spacial score (nSPS) is 9.96. The van der Waals surface area contributed by atoms with Gasteiger partial charge in [0.2, 0.25) is 5.91 Å². The summed E-state index contributed by atoms with van der Waals surface area (Å²) < 4.78 is 2.15. The maximum Gasteiger partial charge on any atom is 0.221 e. The summed E-state index contributed by atoms with van der Waals surface area (Å²) in [7, 11) is 0. The van der Waals surface area contributed by atoms with Crippen LogP contribution in [0.3, 0.4) is 0 Å². The minimum Gasteiger partial charge on any atom is -0.356 e. The number of aryl methyl sites for hydroxylation is 1. The third-order valence-corrected chi connectivity index (χ3v) is 3.86. The van der Waals surface area contributed by atoms with E-state index >= 15 is 0 Å². The molecule has 0 unspecified atom stereocenters. The molecule has 0 saturated heterocycles. The van der Waals surface area contributed by atoms with Crippen molar-refractivity contribution in [3.05, 3.63) is 48.7 Å². The van der Waals surface area contributed by atoms with Crippen molar-refractivity contribution in [1.82, 2.24) is 9.88 Å². The zero-order valence-corrected chi connectivity index (χ0v) is 15.3. The van der Waals surface area contributed by atoms with Gasteiger partial charge in [0, 0.05) is 41.7 Å². The molecule has 1 amide bonds. The summed E-state index contributed by atoms with van der Waals surface area (Å²) in [6, 6.07) is 8.19. The Morgan fingerprint density at radius 3 is 2.54 bits per heavy atom. The molecule has 2 aromatic rings. The van der Waals surface area contributed by atoms with Crippen molar-refractivity contribution in [3.8, 4) is 0 Å². The van der Waals surface area contributed by atoms with Crippen LogP contribution in [0, 0.1) is 0 Å². The molecular formula is C21H30N2O.